The third-order valence-electron chi connectivity index (χ3n) is 2.87. The topological polar surface area (TPSA) is 65.4 Å². The fraction of sp³-hybridized carbons (Fsp3) is 0.214. The van der Waals surface area contributed by atoms with Crippen LogP contribution in [0.25, 0.3) is 10.9 Å². The lowest BCUT2D eigenvalue weighted by Gasteiger charge is -2.04. The van der Waals surface area contributed by atoms with Crippen LogP contribution >= 0.6 is 0 Å². The number of aromatic nitrogens is 2. The summed E-state index contributed by atoms with van der Waals surface area (Å²) in [6.07, 6.45) is 4.96. The number of allylic oxidation sites excluding steroid dienone is 2. The van der Waals surface area contributed by atoms with Crippen molar-refractivity contribution < 1.29 is 0 Å². The molecule has 0 aliphatic rings. The third kappa shape index (κ3) is 2.70. The zero-order chi connectivity index (χ0) is 13.7. The number of H-pyrrole nitrogens is 1. The number of hydrogen-bond acceptors (Lipinski definition) is 3. The normalized spacial score (nSPS) is 12.2. The van der Waals surface area contributed by atoms with E-state index in [1.165, 1.54) is 0 Å². The van der Waals surface area contributed by atoms with Crippen LogP contribution < -0.4 is 5.43 Å². The minimum absolute atomic E-state index is 0.690. The van der Waals surface area contributed by atoms with Crippen LogP contribution in [0.3, 0.4) is 0 Å². The molecule has 0 aliphatic heterocycles. The van der Waals surface area contributed by atoms with Crippen molar-refractivity contribution in [2.24, 2.45) is 10.1 Å². The van der Waals surface area contributed by atoms with E-state index in [1.807, 2.05) is 25.1 Å². The zero-order valence-corrected chi connectivity index (χ0v) is 11.1. The SMILES string of the molecule is C=NNC(=NC)c1ccc2n[nH]c(C/C=C\C)c2c1. The summed E-state index contributed by atoms with van der Waals surface area (Å²) in [5.74, 6) is 0.690. The fourth-order valence-electron chi connectivity index (χ4n) is 1.92. The van der Waals surface area contributed by atoms with Gasteiger partial charge in [0.2, 0.25) is 0 Å². The summed E-state index contributed by atoms with van der Waals surface area (Å²) in [6.45, 7) is 5.42. The summed E-state index contributed by atoms with van der Waals surface area (Å²) >= 11 is 0. The van der Waals surface area contributed by atoms with Gasteiger partial charge in [0.15, 0.2) is 0 Å². The van der Waals surface area contributed by atoms with Crippen molar-refractivity contribution >= 4 is 23.5 Å². The minimum atomic E-state index is 0.690. The maximum atomic E-state index is 4.29. The van der Waals surface area contributed by atoms with E-state index >= 15 is 0 Å². The Labute approximate surface area is 112 Å². The molecular weight excluding hydrogens is 238 g/mol. The molecule has 0 aliphatic carbocycles. The van der Waals surface area contributed by atoms with Crippen LogP contribution in [-0.4, -0.2) is 29.8 Å². The molecule has 19 heavy (non-hydrogen) atoms. The number of amidine groups is 1. The summed E-state index contributed by atoms with van der Waals surface area (Å²) in [4.78, 5) is 4.16. The first-order chi connectivity index (χ1) is 9.30. The van der Waals surface area contributed by atoms with E-state index in [2.05, 4.69) is 44.6 Å². The van der Waals surface area contributed by atoms with Gasteiger partial charge in [-0.3, -0.25) is 15.5 Å². The van der Waals surface area contributed by atoms with Crippen molar-refractivity contribution in [1.82, 2.24) is 15.6 Å². The first kappa shape index (κ1) is 13.0. The standard InChI is InChI=1S/C14H17N5/c1-4-5-6-12-11-9-10(14(15-2)19-16-3)7-8-13(11)18-17-12/h4-5,7-9H,3,6H2,1-2H3,(H,15,19)(H,17,18)/b5-4-. The Morgan fingerprint density at radius 2 is 2.37 bits per heavy atom. The van der Waals surface area contributed by atoms with Gasteiger partial charge in [-0.05, 0) is 25.1 Å². The van der Waals surface area contributed by atoms with Gasteiger partial charge in [-0.15, -0.1) is 0 Å². The molecule has 2 N–H and O–H groups in total. The number of nitrogens with zero attached hydrogens (tertiary/aromatic N) is 3. The van der Waals surface area contributed by atoms with Crippen molar-refractivity contribution in [1.29, 1.82) is 0 Å². The van der Waals surface area contributed by atoms with Gasteiger partial charge in [-0.2, -0.15) is 10.2 Å². The Bertz CT molecular complexity index is 636. The molecule has 5 heteroatoms. The molecule has 0 fully saturated rings. The number of aromatic amines is 1. The van der Waals surface area contributed by atoms with Crippen LogP contribution in [-0.2, 0) is 6.42 Å². The van der Waals surface area contributed by atoms with E-state index < -0.39 is 0 Å². The van der Waals surface area contributed by atoms with Crippen LogP contribution in [0.15, 0.2) is 40.4 Å². The molecule has 1 aromatic carbocycles. The van der Waals surface area contributed by atoms with Crippen molar-refractivity contribution in [2.45, 2.75) is 13.3 Å². The molecular formula is C14H17N5. The Hall–Kier alpha value is -2.43. The molecule has 2 aromatic rings. The summed E-state index contributed by atoms with van der Waals surface area (Å²) < 4.78 is 0. The van der Waals surface area contributed by atoms with Crippen LogP contribution in [0, 0.1) is 0 Å². The average Bonchev–Trinajstić information content (AvgIpc) is 2.84. The highest BCUT2D eigenvalue weighted by molar-refractivity contribution is 6.01. The molecule has 0 spiro atoms. The Morgan fingerprint density at radius 1 is 1.53 bits per heavy atom. The smallest absolute Gasteiger partial charge is 0.148 e. The number of aliphatic imine (C=N–C) groups is 1. The Kier molecular flexibility index (Phi) is 4.07. The van der Waals surface area contributed by atoms with E-state index in [-0.39, 0.29) is 0 Å². The fourth-order valence-corrected chi connectivity index (χ4v) is 1.92. The number of benzene rings is 1. The van der Waals surface area contributed by atoms with Gasteiger partial charge in [0.05, 0.1) is 5.52 Å². The molecule has 0 amide bonds. The quantitative estimate of drug-likeness (QED) is 0.381. The minimum Gasteiger partial charge on any atom is -0.281 e. The maximum absolute atomic E-state index is 4.29. The van der Waals surface area contributed by atoms with Gasteiger partial charge in [0.25, 0.3) is 0 Å². The predicted octanol–water partition coefficient (Wildman–Crippen LogP) is 2.26. The zero-order valence-electron chi connectivity index (χ0n) is 11.1. The molecule has 5 nitrogen and oxygen atoms in total. The molecule has 98 valence electrons. The second-order valence-corrected chi connectivity index (χ2v) is 4.05. The molecule has 0 bridgehead atoms. The number of nitrogens with one attached hydrogen (secondary N) is 2. The first-order valence-electron chi connectivity index (χ1n) is 6.07. The van der Waals surface area contributed by atoms with E-state index in [0.717, 1.165) is 28.6 Å². The van der Waals surface area contributed by atoms with Crippen molar-refractivity contribution in [3.63, 3.8) is 0 Å². The summed E-state index contributed by atoms with van der Waals surface area (Å²) in [6, 6.07) is 5.98. The van der Waals surface area contributed by atoms with Gasteiger partial charge in [-0.1, -0.05) is 12.2 Å². The molecule has 1 aromatic heterocycles. The van der Waals surface area contributed by atoms with Crippen LogP contribution in [0.4, 0.5) is 0 Å². The highest BCUT2D eigenvalue weighted by Crippen LogP contribution is 2.18. The van der Waals surface area contributed by atoms with Crippen LogP contribution in [0.2, 0.25) is 0 Å². The lowest BCUT2D eigenvalue weighted by Crippen LogP contribution is -2.18. The van der Waals surface area contributed by atoms with Crippen LogP contribution in [0.5, 0.6) is 0 Å². The highest BCUT2D eigenvalue weighted by atomic mass is 15.3. The van der Waals surface area contributed by atoms with E-state index in [0.29, 0.717) is 5.84 Å². The molecule has 0 saturated carbocycles. The van der Waals surface area contributed by atoms with Crippen LogP contribution in [0.1, 0.15) is 18.2 Å². The van der Waals surface area contributed by atoms with Gasteiger partial charge in [0, 0.05) is 36.8 Å². The third-order valence-corrected chi connectivity index (χ3v) is 2.87. The molecule has 1 heterocycles. The Balaban J connectivity index is 2.45. The van der Waals surface area contributed by atoms with Gasteiger partial charge in [0.1, 0.15) is 5.84 Å². The number of hydrazone groups is 1. The second-order valence-electron chi connectivity index (χ2n) is 4.05. The number of fused-ring (bicyclic) bond motifs is 1. The summed E-state index contributed by atoms with van der Waals surface area (Å²) in [7, 11) is 1.72. The molecule has 0 saturated heterocycles. The summed E-state index contributed by atoms with van der Waals surface area (Å²) in [5, 5.41) is 12.1. The van der Waals surface area contributed by atoms with Crippen molar-refractivity contribution in [2.75, 3.05) is 7.05 Å². The largest absolute Gasteiger partial charge is 0.281 e. The lowest BCUT2D eigenvalue weighted by atomic mass is 10.1. The van der Waals surface area contributed by atoms with Gasteiger partial charge in [-0.25, -0.2) is 0 Å². The molecule has 2 rings (SSSR count). The average molecular weight is 255 g/mol. The van der Waals surface area contributed by atoms with Crippen molar-refractivity contribution in [3.8, 4) is 0 Å². The second kappa shape index (κ2) is 5.95. The molecule has 0 radical (unpaired) electrons. The highest BCUT2D eigenvalue weighted by Gasteiger charge is 2.08. The van der Waals surface area contributed by atoms with Gasteiger partial charge < -0.3 is 0 Å². The molecule has 0 atom stereocenters. The number of hydrogen-bond donors (Lipinski definition) is 2. The van der Waals surface area contributed by atoms with E-state index in [9.17, 15) is 0 Å². The maximum Gasteiger partial charge on any atom is 0.148 e. The van der Waals surface area contributed by atoms with Gasteiger partial charge >= 0.3 is 0 Å². The monoisotopic (exact) mass is 255 g/mol. The van der Waals surface area contributed by atoms with E-state index in [1.54, 1.807) is 7.05 Å². The summed E-state index contributed by atoms with van der Waals surface area (Å²) in [5.41, 5.74) is 5.79. The van der Waals surface area contributed by atoms with Crippen molar-refractivity contribution in [3.05, 3.63) is 41.6 Å². The first-order valence-corrected chi connectivity index (χ1v) is 6.07. The lowest BCUT2D eigenvalue weighted by molar-refractivity contribution is 1.03. The van der Waals surface area contributed by atoms with E-state index in [4.69, 9.17) is 0 Å². The number of rotatable bonds is 4. The predicted molar refractivity (Wildman–Crippen MR) is 79.8 cm³/mol. The molecule has 0 unspecified atom stereocenters. The Morgan fingerprint density at radius 3 is 3.05 bits per heavy atom.